The van der Waals surface area contributed by atoms with Crippen LogP contribution < -0.4 is 0 Å². The summed E-state index contributed by atoms with van der Waals surface area (Å²) in [7, 11) is 1.54. The number of aliphatic hydroxyl groups excluding tert-OH is 1. The fourth-order valence-electron chi connectivity index (χ4n) is 6.26. The number of aliphatic hydroxyl groups is 1. The summed E-state index contributed by atoms with van der Waals surface area (Å²) < 4.78 is 40.2. The highest BCUT2D eigenvalue weighted by Crippen LogP contribution is 2.35. The van der Waals surface area contributed by atoms with Crippen molar-refractivity contribution in [2.45, 2.75) is 116 Å². The molecule has 0 unspecified atom stereocenters. The maximum absolute atomic E-state index is 13.5. The summed E-state index contributed by atoms with van der Waals surface area (Å²) in [5, 5.41) is 20.0. The molecule has 2 aliphatic heterocycles. The summed E-state index contributed by atoms with van der Waals surface area (Å²) in [6.45, 7) is 10.8. The van der Waals surface area contributed by atoms with Gasteiger partial charge in [0.05, 0.1) is 31.5 Å². The Balaban J connectivity index is 1.60. The third kappa shape index (κ3) is 14.6. The van der Waals surface area contributed by atoms with E-state index >= 15 is 0 Å². The van der Waals surface area contributed by atoms with Crippen LogP contribution in [-0.2, 0) is 39.7 Å². The number of hydrogen-bond donors (Lipinski definition) is 2. The number of aromatic nitrogens is 2. The molecule has 4 bridgehead atoms. The molecule has 2 N–H and O–H groups in total. The van der Waals surface area contributed by atoms with E-state index in [9.17, 15) is 24.3 Å². The van der Waals surface area contributed by atoms with Crippen LogP contribution in [0.4, 0.5) is 0 Å². The molecule has 0 amide bonds. The van der Waals surface area contributed by atoms with Crippen LogP contribution in [0.25, 0.3) is 6.08 Å². The maximum Gasteiger partial charge on any atom is 0.360 e. The Morgan fingerprint density at radius 1 is 0.806 bits per heavy atom. The van der Waals surface area contributed by atoms with Gasteiger partial charge in [0.2, 0.25) is 5.89 Å². The molecule has 15 heteroatoms. The summed E-state index contributed by atoms with van der Waals surface area (Å²) in [5.74, 6) is -2.87. The first-order valence-corrected chi connectivity index (χ1v) is 20.5. The lowest BCUT2D eigenvalue weighted by Crippen LogP contribution is -2.44. The first-order valence-electron chi connectivity index (χ1n) is 20.5. The van der Waals surface area contributed by atoms with Crippen LogP contribution in [0, 0.1) is 10.8 Å². The zero-order valence-corrected chi connectivity index (χ0v) is 36.2. The fraction of sp³-hybridized carbons (Fsp3) is 0.447. The third-order valence-corrected chi connectivity index (χ3v) is 10.4. The van der Waals surface area contributed by atoms with Crippen molar-refractivity contribution in [1.29, 1.82) is 0 Å². The molecule has 0 spiro atoms. The number of hydrogen-bond acceptors (Lipinski definition) is 14. The number of esters is 3. The zero-order valence-electron chi connectivity index (χ0n) is 36.2. The van der Waals surface area contributed by atoms with E-state index in [2.05, 4.69) is 9.97 Å². The molecule has 0 aliphatic carbocycles. The molecule has 0 aromatic carbocycles. The van der Waals surface area contributed by atoms with Gasteiger partial charge in [-0.15, -0.1) is 0 Å². The van der Waals surface area contributed by atoms with E-state index in [4.69, 9.17) is 37.6 Å². The number of cyclic esters (lactones) is 2. The largest absolute Gasteiger partial charge is 0.481 e. The average molecular weight is 859 g/mol. The second-order valence-electron chi connectivity index (χ2n) is 15.8. The van der Waals surface area contributed by atoms with Gasteiger partial charge in [0.25, 0.3) is 0 Å². The molecule has 7 atom stereocenters. The fourth-order valence-corrected chi connectivity index (χ4v) is 6.26. The van der Waals surface area contributed by atoms with Crippen molar-refractivity contribution in [2.75, 3.05) is 7.11 Å². The number of carbonyl (C=O) groups excluding carboxylic acids is 3. The molecule has 4 heterocycles. The molecule has 1 saturated heterocycles. The number of nitrogens with zero attached hydrogens (tertiary/aromatic N) is 2. The highest BCUT2D eigenvalue weighted by molar-refractivity contribution is 5.87. The predicted octanol–water partition coefficient (Wildman–Crippen LogP) is 7.67. The molecule has 334 valence electrons. The van der Waals surface area contributed by atoms with Crippen molar-refractivity contribution in [3.05, 3.63) is 127 Å². The second kappa shape index (κ2) is 23.4. The molecule has 2 aromatic rings. The van der Waals surface area contributed by atoms with Gasteiger partial charge in [-0.05, 0) is 19.9 Å². The Hall–Kier alpha value is -5.90. The monoisotopic (exact) mass is 858 g/mol. The summed E-state index contributed by atoms with van der Waals surface area (Å²) in [4.78, 5) is 59.3. The first kappa shape index (κ1) is 48.8. The van der Waals surface area contributed by atoms with E-state index in [1.807, 2.05) is 32.1 Å². The number of rotatable bonds is 11. The molecule has 2 aromatic heterocycles. The highest BCUT2D eigenvalue weighted by Gasteiger charge is 2.42. The molecular formula is C47H58N2O13. The number of fused-ring (bicyclic) bond motifs is 5. The lowest BCUT2D eigenvalue weighted by molar-refractivity contribution is -0.158. The van der Waals surface area contributed by atoms with Gasteiger partial charge >= 0.3 is 23.9 Å². The summed E-state index contributed by atoms with van der Waals surface area (Å²) >= 11 is 0. The van der Waals surface area contributed by atoms with E-state index in [-0.39, 0.29) is 61.1 Å². The van der Waals surface area contributed by atoms with Gasteiger partial charge in [-0.1, -0.05) is 113 Å². The lowest BCUT2D eigenvalue weighted by atomic mass is 9.78. The van der Waals surface area contributed by atoms with Gasteiger partial charge in [-0.3, -0.25) is 9.59 Å². The van der Waals surface area contributed by atoms with Crippen LogP contribution in [0.15, 0.2) is 113 Å². The van der Waals surface area contributed by atoms with Crippen molar-refractivity contribution in [1.82, 2.24) is 9.97 Å². The number of epoxide rings is 1. The van der Waals surface area contributed by atoms with E-state index in [1.54, 1.807) is 107 Å². The molecule has 0 saturated carbocycles. The number of carboxylic acid groups (broad SMARTS) is 1. The maximum atomic E-state index is 13.5. The van der Waals surface area contributed by atoms with Crippen LogP contribution in [0.5, 0.6) is 0 Å². The minimum atomic E-state index is -1.13. The summed E-state index contributed by atoms with van der Waals surface area (Å²) in [6.07, 6.45) is 26.2. The van der Waals surface area contributed by atoms with Gasteiger partial charge < -0.3 is 42.7 Å². The number of carbonyl (C=O) groups is 4. The van der Waals surface area contributed by atoms with Crippen LogP contribution >= 0.6 is 0 Å². The number of allylic oxidation sites excluding steroid dienone is 8. The van der Waals surface area contributed by atoms with Gasteiger partial charge in [-0.25, -0.2) is 19.6 Å². The number of methoxy groups -OCH3 is 1. The smallest absolute Gasteiger partial charge is 0.360 e. The Bertz CT molecular complexity index is 2060. The molecular weight excluding hydrogens is 801 g/mol. The van der Waals surface area contributed by atoms with Crippen molar-refractivity contribution < 1.29 is 61.9 Å². The summed E-state index contributed by atoms with van der Waals surface area (Å²) in [5.41, 5.74) is -1.96. The van der Waals surface area contributed by atoms with Crippen molar-refractivity contribution in [3.63, 3.8) is 0 Å². The van der Waals surface area contributed by atoms with E-state index in [0.717, 1.165) is 0 Å². The Labute approximate surface area is 362 Å². The van der Waals surface area contributed by atoms with Gasteiger partial charge in [0, 0.05) is 36.9 Å². The Morgan fingerprint density at radius 2 is 1.44 bits per heavy atom. The number of aliphatic carboxylic acids is 1. The minimum Gasteiger partial charge on any atom is -0.481 e. The van der Waals surface area contributed by atoms with Crippen LogP contribution in [0.2, 0.25) is 0 Å². The SMILES string of the molecule is C/C=C/[C@H](OC(=O)CCC(=O)O)C(C)(C)[C@H]1C\C=C/C=C\C=C\[C@H](OC)Cc2nc(co2)C(=O)O[C@@H](C(C)(C)[C@@H](O)/C=C/C)C/C=C\[C@H]2O[C@H]2/C=C/C=C\c2nc(co2)C(=O)O1. The van der Waals surface area contributed by atoms with Gasteiger partial charge in [0.1, 0.15) is 43.0 Å². The molecule has 62 heavy (non-hydrogen) atoms. The van der Waals surface area contributed by atoms with Gasteiger partial charge in [0.15, 0.2) is 17.3 Å². The van der Waals surface area contributed by atoms with Crippen LogP contribution in [-0.4, -0.2) is 93.9 Å². The summed E-state index contributed by atoms with van der Waals surface area (Å²) in [6, 6.07) is 0. The average Bonchev–Trinajstić information content (AvgIpc) is 3.53. The van der Waals surface area contributed by atoms with E-state index in [1.165, 1.54) is 19.6 Å². The lowest BCUT2D eigenvalue weighted by Gasteiger charge is -2.38. The topological polar surface area (TPSA) is 210 Å². The zero-order chi connectivity index (χ0) is 45.3. The van der Waals surface area contributed by atoms with Crippen molar-refractivity contribution in [2.24, 2.45) is 10.8 Å². The number of ether oxygens (including phenoxy) is 5. The number of carboxylic acids is 1. The molecule has 1 fully saturated rings. The highest BCUT2D eigenvalue weighted by atomic mass is 16.6. The third-order valence-electron chi connectivity index (χ3n) is 10.4. The van der Waals surface area contributed by atoms with E-state index in [0.29, 0.717) is 6.42 Å². The minimum absolute atomic E-state index is 0.0147. The number of oxazole rings is 2. The first-order chi connectivity index (χ1) is 29.6. The molecule has 0 radical (unpaired) electrons. The Morgan fingerprint density at radius 3 is 2.13 bits per heavy atom. The van der Waals surface area contributed by atoms with Gasteiger partial charge in [-0.2, -0.15) is 0 Å². The molecule has 2 aliphatic rings. The second-order valence-corrected chi connectivity index (χ2v) is 15.8. The Kier molecular flexibility index (Phi) is 18.4. The van der Waals surface area contributed by atoms with Crippen molar-refractivity contribution in [3.8, 4) is 0 Å². The van der Waals surface area contributed by atoms with Crippen LogP contribution in [0.1, 0.15) is 100.0 Å². The predicted molar refractivity (Wildman–Crippen MR) is 228 cm³/mol. The van der Waals surface area contributed by atoms with Crippen LogP contribution in [0.3, 0.4) is 0 Å². The molecule has 15 nitrogen and oxygen atoms in total. The van der Waals surface area contributed by atoms with E-state index < -0.39 is 65.2 Å². The van der Waals surface area contributed by atoms with Crippen molar-refractivity contribution >= 4 is 30.0 Å². The normalized spacial score (nSPS) is 26.2. The molecule has 4 rings (SSSR count). The quantitative estimate of drug-likeness (QED) is 0.0961. The standard InChI is InChI=1S/C47H58N2O13/c1-8-18-36(50)46(3,4)38-24-17-22-35-34(59-35)21-15-16-25-40-48-32(29-57-40)44(54)62-39(47(5,6)37(19-9-2)60-43(53)27-26-42(51)52)23-14-12-10-11-13-20-31(56-7)28-41-49-33(30-58-41)45(55)61-38/h8-22,25,29-31,34-39,50H,23-24,26-28H2,1-7H3,(H,51,52)/b11-10-,14-12-,18-8+,19-9+,20-13+,21-15+,22-17-,25-16-/t31-,34-,35+,36-,37-,38+,39+/m0/s1.